The Hall–Kier alpha value is -0.870. The molecule has 1 unspecified atom stereocenters. The molecule has 1 aromatic rings. The second kappa shape index (κ2) is 3.94. The Morgan fingerprint density at radius 3 is 3.13 bits per heavy atom. The van der Waals surface area contributed by atoms with Crippen molar-refractivity contribution in [1.82, 2.24) is 0 Å². The van der Waals surface area contributed by atoms with Crippen molar-refractivity contribution in [1.29, 1.82) is 0 Å². The molecule has 1 aromatic heterocycles. The van der Waals surface area contributed by atoms with E-state index in [1.807, 2.05) is 5.38 Å². The first-order chi connectivity index (χ1) is 7.18. The van der Waals surface area contributed by atoms with Gasteiger partial charge < -0.3 is 10.8 Å². The highest BCUT2D eigenvalue weighted by atomic mass is 32.1. The average Bonchev–Trinajstić information content (AvgIpc) is 2.66. The van der Waals surface area contributed by atoms with Gasteiger partial charge in [0.1, 0.15) is 0 Å². The first-order valence-electron chi connectivity index (χ1n) is 5.17. The lowest BCUT2D eigenvalue weighted by Gasteiger charge is -2.34. The fourth-order valence-corrected chi connectivity index (χ4v) is 3.65. The van der Waals surface area contributed by atoms with Gasteiger partial charge in [-0.3, -0.25) is 4.79 Å². The van der Waals surface area contributed by atoms with E-state index in [0.717, 1.165) is 19.3 Å². The number of hydrogen-bond donors (Lipinski definition) is 2. The number of carboxylic acid groups (broad SMARTS) is 1. The van der Waals surface area contributed by atoms with E-state index in [2.05, 4.69) is 6.07 Å². The number of aryl methyl sites for hydroxylation is 1. The molecule has 0 amide bonds. The van der Waals surface area contributed by atoms with Crippen molar-refractivity contribution in [2.45, 2.75) is 31.1 Å². The van der Waals surface area contributed by atoms with Crippen molar-refractivity contribution in [3.63, 3.8) is 0 Å². The van der Waals surface area contributed by atoms with E-state index < -0.39 is 5.97 Å². The summed E-state index contributed by atoms with van der Waals surface area (Å²) in [5.74, 6) is -0.748. The molecule has 1 heterocycles. The molecular weight excluding hydrogens is 210 g/mol. The second-order valence-corrected chi connectivity index (χ2v) is 5.10. The maximum atomic E-state index is 10.9. The van der Waals surface area contributed by atoms with Crippen LogP contribution in [0.25, 0.3) is 0 Å². The molecule has 2 rings (SSSR count). The molecule has 82 valence electrons. The van der Waals surface area contributed by atoms with Crippen molar-refractivity contribution in [2.75, 3.05) is 6.54 Å². The Kier molecular flexibility index (Phi) is 2.80. The summed E-state index contributed by atoms with van der Waals surface area (Å²) < 4.78 is 0. The van der Waals surface area contributed by atoms with Crippen LogP contribution in [0.3, 0.4) is 0 Å². The minimum atomic E-state index is -0.748. The summed E-state index contributed by atoms with van der Waals surface area (Å²) in [5.41, 5.74) is 6.81. The molecule has 0 aromatic carbocycles. The smallest absolute Gasteiger partial charge is 0.304 e. The van der Waals surface area contributed by atoms with Gasteiger partial charge in [-0.2, -0.15) is 0 Å². The number of thiophene rings is 1. The summed E-state index contributed by atoms with van der Waals surface area (Å²) in [5, 5.41) is 11.0. The Labute approximate surface area is 92.9 Å². The molecule has 0 spiro atoms. The Bertz CT molecular complexity index is 374. The third-order valence-corrected chi connectivity index (χ3v) is 4.41. The van der Waals surface area contributed by atoms with Crippen LogP contribution in [-0.4, -0.2) is 17.6 Å². The van der Waals surface area contributed by atoms with E-state index in [1.54, 1.807) is 11.3 Å². The van der Waals surface area contributed by atoms with Crippen molar-refractivity contribution in [3.8, 4) is 0 Å². The second-order valence-electron chi connectivity index (χ2n) is 4.18. The molecule has 4 heteroatoms. The molecule has 1 aliphatic carbocycles. The number of hydrogen-bond acceptors (Lipinski definition) is 3. The zero-order valence-electron chi connectivity index (χ0n) is 8.53. The average molecular weight is 225 g/mol. The maximum Gasteiger partial charge on any atom is 0.304 e. The summed E-state index contributed by atoms with van der Waals surface area (Å²) in [6, 6.07) is 2.10. The SMILES string of the molecule is NCC1(CC(=O)O)CCCc2ccsc21. The number of rotatable bonds is 3. The van der Waals surface area contributed by atoms with Crippen LogP contribution in [0.4, 0.5) is 0 Å². The number of carboxylic acids is 1. The Morgan fingerprint density at radius 1 is 1.67 bits per heavy atom. The van der Waals surface area contributed by atoms with Gasteiger partial charge in [-0.1, -0.05) is 0 Å². The van der Waals surface area contributed by atoms with Gasteiger partial charge in [0.2, 0.25) is 0 Å². The third kappa shape index (κ3) is 1.79. The highest BCUT2D eigenvalue weighted by Gasteiger charge is 2.38. The van der Waals surface area contributed by atoms with Crippen LogP contribution in [0.1, 0.15) is 29.7 Å². The van der Waals surface area contributed by atoms with E-state index in [-0.39, 0.29) is 11.8 Å². The normalized spacial score (nSPS) is 24.9. The van der Waals surface area contributed by atoms with Crippen LogP contribution < -0.4 is 5.73 Å². The summed E-state index contributed by atoms with van der Waals surface area (Å²) in [4.78, 5) is 12.1. The quantitative estimate of drug-likeness (QED) is 0.823. The first kappa shape index (κ1) is 10.6. The number of aliphatic carboxylic acids is 1. The highest BCUT2D eigenvalue weighted by molar-refractivity contribution is 7.10. The minimum Gasteiger partial charge on any atom is -0.481 e. The molecule has 0 aliphatic heterocycles. The summed E-state index contributed by atoms with van der Waals surface area (Å²) in [6.45, 7) is 0.437. The molecule has 0 bridgehead atoms. The monoisotopic (exact) mass is 225 g/mol. The molecule has 1 atom stereocenters. The number of carbonyl (C=O) groups is 1. The van der Waals surface area contributed by atoms with E-state index in [0.29, 0.717) is 6.54 Å². The Morgan fingerprint density at radius 2 is 2.47 bits per heavy atom. The predicted molar refractivity (Wildman–Crippen MR) is 60.2 cm³/mol. The highest BCUT2D eigenvalue weighted by Crippen LogP contribution is 2.42. The van der Waals surface area contributed by atoms with E-state index in [9.17, 15) is 4.79 Å². The molecular formula is C11H15NO2S. The minimum absolute atomic E-state index is 0.164. The molecule has 0 saturated heterocycles. The summed E-state index contributed by atoms with van der Waals surface area (Å²) in [7, 11) is 0. The largest absolute Gasteiger partial charge is 0.481 e. The van der Waals surface area contributed by atoms with Gasteiger partial charge in [-0.25, -0.2) is 0 Å². The molecule has 15 heavy (non-hydrogen) atoms. The number of nitrogens with two attached hydrogens (primary N) is 1. The first-order valence-corrected chi connectivity index (χ1v) is 6.05. The van der Waals surface area contributed by atoms with Crippen molar-refractivity contribution < 1.29 is 9.90 Å². The van der Waals surface area contributed by atoms with Gasteiger partial charge in [0.15, 0.2) is 0 Å². The van der Waals surface area contributed by atoms with Crippen molar-refractivity contribution >= 4 is 17.3 Å². The third-order valence-electron chi connectivity index (χ3n) is 3.21. The molecule has 3 N–H and O–H groups in total. The van der Waals surface area contributed by atoms with Gasteiger partial charge >= 0.3 is 5.97 Å². The van der Waals surface area contributed by atoms with Gasteiger partial charge in [-0.05, 0) is 36.3 Å². The van der Waals surface area contributed by atoms with Crippen LogP contribution in [0, 0.1) is 0 Å². The number of fused-ring (bicyclic) bond motifs is 1. The van der Waals surface area contributed by atoms with Crippen LogP contribution in [0.2, 0.25) is 0 Å². The molecule has 3 nitrogen and oxygen atoms in total. The van der Waals surface area contributed by atoms with E-state index >= 15 is 0 Å². The molecule has 0 saturated carbocycles. The van der Waals surface area contributed by atoms with Gasteiger partial charge in [0, 0.05) is 16.8 Å². The zero-order chi connectivity index (χ0) is 10.9. The summed E-state index contributed by atoms with van der Waals surface area (Å²) >= 11 is 1.66. The zero-order valence-corrected chi connectivity index (χ0v) is 9.35. The summed E-state index contributed by atoms with van der Waals surface area (Å²) in [6.07, 6.45) is 3.19. The van der Waals surface area contributed by atoms with Crippen LogP contribution in [-0.2, 0) is 16.6 Å². The molecule has 0 radical (unpaired) electrons. The topological polar surface area (TPSA) is 63.3 Å². The standard InChI is InChI=1S/C11H15NO2S/c12-7-11(6-9(13)14)4-1-2-8-3-5-15-10(8)11/h3,5H,1-2,4,6-7,12H2,(H,13,14). The fraction of sp³-hybridized carbons (Fsp3) is 0.545. The lowest BCUT2D eigenvalue weighted by atomic mass is 9.73. The van der Waals surface area contributed by atoms with Crippen molar-refractivity contribution in [3.05, 3.63) is 21.9 Å². The lowest BCUT2D eigenvalue weighted by Crippen LogP contribution is -2.39. The molecule has 0 fully saturated rings. The van der Waals surface area contributed by atoms with E-state index in [4.69, 9.17) is 10.8 Å². The van der Waals surface area contributed by atoms with Crippen LogP contribution in [0.5, 0.6) is 0 Å². The predicted octanol–water partition coefficient (Wildman–Crippen LogP) is 1.76. The van der Waals surface area contributed by atoms with Crippen LogP contribution >= 0.6 is 11.3 Å². The maximum absolute atomic E-state index is 10.9. The van der Waals surface area contributed by atoms with Gasteiger partial charge in [0.25, 0.3) is 0 Å². The van der Waals surface area contributed by atoms with Gasteiger partial charge in [0.05, 0.1) is 6.42 Å². The fourth-order valence-electron chi connectivity index (χ4n) is 2.45. The van der Waals surface area contributed by atoms with Gasteiger partial charge in [-0.15, -0.1) is 11.3 Å². The molecule has 1 aliphatic rings. The van der Waals surface area contributed by atoms with Crippen LogP contribution in [0.15, 0.2) is 11.4 Å². The van der Waals surface area contributed by atoms with Crippen molar-refractivity contribution in [2.24, 2.45) is 5.73 Å². The van der Waals surface area contributed by atoms with E-state index in [1.165, 1.54) is 10.4 Å². The lowest BCUT2D eigenvalue weighted by molar-refractivity contribution is -0.138. The Balaban J connectivity index is 2.39.